The normalized spacial score (nSPS) is 12.6. The van der Waals surface area contributed by atoms with Gasteiger partial charge >= 0.3 is 0 Å². The molecule has 4 N–H and O–H groups in total. The molecule has 0 saturated heterocycles. The van der Waals surface area contributed by atoms with E-state index >= 15 is 0 Å². The van der Waals surface area contributed by atoms with E-state index in [1.807, 2.05) is 0 Å². The van der Waals surface area contributed by atoms with Gasteiger partial charge in [-0.1, -0.05) is 11.6 Å². The van der Waals surface area contributed by atoms with Crippen LogP contribution in [0.25, 0.3) is 0 Å². The van der Waals surface area contributed by atoms with Gasteiger partial charge in [0.15, 0.2) is 11.6 Å². The molecule has 90 valence electrons. The Balaban J connectivity index is 2.99. The molecule has 1 aromatic rings. The second-order valence-corrected chi connectivity index (χ2v) is 3.84. The fraction of sp³-hybridized carbons (Fsp3) is 0.455. The third kappa shape index (κ3) is 3.07. The first-order valence-electron chi connectivity index (χ1n) is 5.17. The van der Waals surface area contributed by atoms with Crippen LogP contribution < -0.4 is 16.2 Å². The zero-order chi connectivity index (χ0) is 12.1. The summed E-state index contributed by atoms with van der Waals surface area (Å²) in [6.07, 6.45) is 0.587. The summed E-state index contributed by atoms with van der Waals surface area (Å²) in [7, 11) is 0. The van der Waals surface area contributed by atoms with Gasteiger partial charge in [0.1, 0.15) is 0 Å². The smallest absolute Gasteiger partial charge is 0.173 e. The summed E-state index contributed by atoms with van der Waals surface area (Å²) in [5, 5.41) is 0.240. The highest BCUT2D eigenvalue weighted by molar-refractivity contribution is 6.32. The maximum absolute atomic E-state index is 13.6. The minimum atomic E-state index is -0.489. The van der Waals surface area contributed by atoms with Crippen molar-refractivity contribution < 1.29 is 9.13 Å². The molecule has 0 fully saturated rings. The third-order valence-corrected chi connectivity index (χ3v) is 2.50. The molecule has 0 spiro atoms. The molecule has 5 heteroatoms. The highest BCUT2D eigenvalue weighted by Gasteiger charge is 2.14. The second-order valence-electron chi connectivity index (χ2n) is 3.43. The Morgan fingerprint density at radius 3 is 2.69 bits per heavy atom. The van der Waals surface area contributed by atoms with E-state index in [0.717, 1.165) is 0 Å². The van der Waals surface area contributed by atoms with Crippen LogP contribution >= 0.6 is 11.6 Å². The van der Waals surface area contributed by atoms with Gasteiger partial charge in [0.2, 0.25) is 0 Å². The van der Waals surface area contributed by atoms with E-state index in [1.165, 1.54) is 6.07 Å². The zero-order valence-corrected chi connectivity index (χ0v) is 9.93. The maximum atomic E-state index is 13.6. The lowest BCUT2D eigenvalue weighted by Gasteiger charge is -2.14. The molecule has 0 aliphatic heterocycles. The zero-order valence-electron chi connectivity index (χ0n) is 9.17. The SMILES string of the molecule is CCOc1c(F)cc([C@@H](N)CCN)cc1Cl. The van der Waals surface area contributed by atoms with Gasteiger partial charge in [0.05, 0.1) is 11.6 Å². The number of nitrogens with two attached hydrogens (primary N) is 2. The van der Waals surface area contributed by atoms with Crippen LogP contribution in [0.1, 0.15) is 24.9 Å². The van der Waals surface area contributed by atoms with Crippen LogP contribution in [-0.2, 0) is 0 Å². The fourth-order valence-electron chi connectivity index (χ4n) is 1.42. The van der Waals surface area contributed by atoms with Crippen molar-refractivity contribution in [3.8, 4) is 5.75 Å². The van der Waals surface area contributed by atoms with E-state index in [4.69, 9.17) is 27.8 Å². The van der Waals surface area contributed by atoms with Crippen LogP contribution in [0.4, 0.5) is 4.39 Å². The van der Waals surface area contributed by atoms with Gasteiger partial charge in [-0.25, -0.2) is 4.39 Å². The molecule has 0 bridgehead atoms. The summed E-state index contributed by atoms with van der Waals surface area (Å²) in [5.41, 5.74) is 11.8. The molecule has 0 unspecified atom stereocenters. The molecule has 0 radical (unpaired) electrons. The molecule has 0 amide bonds. The standard InChI is InChI=1S/C11H16ClFN2O/c1-2-16-11-8(12)5-7(6-9(11)13)10(15)3-4-14/h5-6,10H,2-4,14-15H2,1H3/t10-/m0/s1. The Hall–Kier alpha value is -0.840. The summed E-state index contributed by atoms with van der Waals surface area (Å²) in [6, 6.07) is 2.67. The Labute approximate surface area is 99.5 Å². The number of rotatable bonds is 5. The molecule has 0 aliphatic rings. The van der Waals surface area contributed by atoms with E-state index in [0.29, 0.717) is 25.1 Å². The Bertz CT molecular complexity index is 337. The number of hydrogen-bond acceptors (Lipinski definition) is 3. The minimum Gasteiger partial charge on any atom is -0.489 e. The van der Waals surface area contributed by atoms with Crippen LogP contribution in [0, 0.1) is 5.82 Å². The lowest BCUT2D eigenvalue weighted by molar-refractivity contribution is 0.321. The first-order valence-corrected chi connectivity index (χ1v) is 5.55. The van der Waals surface area contributed by atoms with Crippen LogP contribution in [0.2, 0.25) is 5.02 Å². The monoisotopic (exact) mass is 246 g/mol. The lowest BCUT2D eigenvalue weighted by Crippen LogP contribution is -2.15. The molecule has 1 aromatic carbocycles. The van der Waals surface area contributed by atoms with Crippen LogP contribution in [0.15, 0.2) is 12.1 Å². The molecule has 1 atom stereocenters. The Morgan fingerprint density at radius 2 is 2.19 bits per heavy atom. The quantitative estimate of drug-likeness (QED) is 0.838. The highest BCUT2D eigenvalue weighted by Crippen LogP contribution is 2.31. The van der Waals surface area contributed by atoms with Gasteiger partial charge in [-0.15, -0.1) is 0 Å². The maximum Gasteiger partial charge on any atom is 0.173 e. The molecule has 0 aliphatic carbocycles. The highest BCUT2D eigenvalue weighted by atomic mass is 35.5. The molecule has 0 aromatic heterocycles. The first kappa shape index (κ1) is 13.2. The van der Waals surface area contributed by atoms with Crippen LogP contribution in [0.3, 0.4) is 0 Å². The van der Waals surface area contributed by atoms with E-state index in [1.54, 1.807) is 13.0 Å². The van der Waals surface area contributed by atoms with Gasteiger partial charge in [-0.3, -0.25) is 0 Å². The number of ether oxygens (including phenoxy) is 1. The molecule has 0 saturated carbocycles. The molecule has 0 heterocycles. The number of hydrogen-bond donors (Lipinski definition) is 2. The van der Waals surface area contributed by atoms with E-state index in [9.17, 15) is 4.39 Å². The summed E-state index contributed by atoms with van der Waals surface area (Å²) in [6.45, 7) is 2.59. The first-order chi connectivity index (χ1) is 7.60. The van der Waals surface area contributed by atoms with Crippen LogP contribution in [-0.4, -0.2) is 13.2 Å². The molecule has 16 heavy (non-hydrogen) atoms. The van der Waals surface area contributed by atoms with Gasteiger partial charge < -0.3 is 16.2 Å². The van der Waals surface area contributed by atoms with Crippen molar-refractivity contribution in [2.45, 2.75) is 19.4 Å². The number of halogens is 2. The lowest BCUT2D eigenvalue weighted by atomic mass is 10.0. The summed E-state index contributed by atoms with van der Waals surface area (Å²) < 4.78 is 18.7. The van der Waals surface area contributed by atoms with E-state index in [2.05, 4.69) is 0 Å². The third-order valence-electron chi connectivity index (χ3n) is 2.22. The second kappa shape index (κ2) is 6.03. The molecule has 1 rings (SSSR count). The minimum absolute atomic E-state index is 0.0767. The van der Waals surface area contributed by atoms with Gasteiger partial charge in [-0.2, -0.15) is 0 Å². The topological polar surface area (TPSA) is 61.3 Å². The largest absolute Gasteiger partial charge is 0.489 e. The summed E-state index contributed by atoms with van der Waals surface area (Å²) in [4.78, 5) is 0. The predicted molar refractivity (Wildman–Crippen MR) is 63.2 cm³/mol. The molecular weight excluding hydrogens is 231 g/mol. The van der Waals surface area contributed by atoms with E-state index < -0.39 is 5.82 Å². The van der Waals surface area contributed by atoms with Crippen molar-refractivity contribution in [3.63, 3.8) is 0 Å². The summed E-state index contributed by atoms with van der Waals surface area (Å²) >= 11 is 5.91. The van der Waals surface area contributed by atoms with Crippen molar-refractivity contribution >= 4 is 11.6 Å². The van der Waals surface area contributed by atoms with Crippen LogP contribution in [0.5, 0.6) is 5.75 Å². The number of benzene rings is 1. The van der Waals surface area contributed by atoms with Crippen molar-refractivity contribution in [3.05, 3.63) is 28.5 Å². The average molecular weight is 247 g/mol. The van der Waals surface area contributed by atoms with Gasteiger partial charge in [0.25, 0.3) is 0 Å². The van der Waals surface area contributed by atoms with E-state index in [-0.39, 0.29) is 16.8 Å². The van der Waals surface area contributed by atoms with Crippen molar-refractivity contribution in [2.75, 3.05) is 13.2 Å². The average Bonchev–Trinajstić information content (AvgIpc) is 2.23. The summed E-state index contributed by atoms with van der Waals surface area (Å²) in [5.74, 6) is -0.412. The van der Waals surface area contributed by atoms with Crippen molar-refractivity contribution in [2.24, 2.45) is 11.5 Å². The van der Waals surface area contributed by atoms with Crippen molar-refractivity contribution in [1.82, 2.24) is 0 Å². The fourth-order valence-corrected chi connectivity index (χ4v) is 1.69. The van der Waals surface area contributed by atoms with Gasteiger partial charge in [-0.05, 0) is 37.6 Å². The molecule has 3 nitrogen and oxygen atoms in total. The van der Waals surface area contributed by atoms with Crippen molar-refractivity contribution in [1.29, 1.82) is 0 Å². The molecular formula is C11H16ClFN2O. The Kier molecular flexibility index (Phi) is 4.99. The predicted octanol–water partition coefficient (Wildman–Crippen LogP) is 2.23. The van der Waals surface area contributed by atoms with Gasteiger partial charge in [0, 0.05) is 6.04 Å². The Morgan fingerprint density at radius 1 is 1.50 bits per heavy atom.